The van der Waals surface area contributed by atoms with E-state index in [2.05, 4.69) is 35.7 Å². The molecule has 1 amide bonds. The minimum Gasteiger partial charge on any atom is -0.356 e. The summed E-state index contributed by atoms with van der Waals surface area (Å²) in [6, 6.07) is 10.1. The second-order valence-electron chi connectivity index (χ2n) is 10.5. The number of imidazole rings is 1. The highest BCUT2D eigenvalue weighted by molar-refractivity contribution is 5.99. The van der Waals surface area contributed by atoms with Crippen molar-refractivity contribution in [1.82, 2.24) is 19.8 Å². The molecule has 1 aromatic heterocycles. The van der Waals surface area contributed by atoms with Gasteiger partial charge in [0.2, 0.25) is 5.91 Å². The molecule has 0 bridgehead atoms. The van der Waals surface area contributed by atoms with Crippen LogP contribution in [0.1, 0.15) is 63.6 Å². The average molecular weight is 439 g/mol. The summed E-state index contributed by atoms with van der Waals surface area (Å²) in [7, 11) is 2.08. The Hall–Kier alpha value is -2.47. The minimum atomic E-state index is -0.408. The van der Waals surface area contributed by atoms with Gasteiger partial charge < -0.3 is 14.8 Å². The Morgan fingerprint density at radius 3 is 2.44 bits per heavy atom. The Morgan fingerprint density at radius 1 is 1.12 bits per heavy atom. The topological polar surface area (TPSA) is 67.2 Å². The molecule has 1 atom stereocenters. The molecule has 0 unspecified atom stereocenters. The van der Waals surface area contributed by atoms with Crippen molar-refractivity contribution in [3.63, 3.8) is 0 Å². The van der Waals surface area contributed by atoms with E-state index in [9.17, 15) is 9.59 Å². The molecular weight excluding hydrogens is 400 g/mol. The first-order valence-corrected chi connectivity index (χ1v) is 11.7. The first kappa shape index (κ1) is 24.2. The predicted molar refractivity (Wildman–Crippen MR) is 128 cm³/mol. The molecule has 6 heteroatoms. The molecule has 0 aliphatic carbocycles. The maximum atomic E-state index is 13.6. The second kappa shape index (κ2) is 9.99. The molecule has 1 N–H and O–H groups in total. The van der Waals surface area contributed by atoms with Gasteiger partial charge in [-0.2, -0.15) is 0 Å². The summed E-state index contributed by atoms with van der Waals surface area (Å²) >= 11 is 0. The Kier molecular flexibility index (Phi) is 7.55. The van der Waals surface area contributed by atoms with Gasteiger partial charge in [0.15, 0.2) is 5.78 Å². The lowest BCUT2D eigenvalue weighted by molar-refractivity contribution is -0.128. The van der Waals surface area contributed by atoms with Crippen LogP contribution in [0.25, 0.3) is 11.4 Å². The summed E-state index contributed by atoms with van der Waals surface area (Å²) in [5, 5.41) is 3.03. The lowest BCUT2D eigenvalue weighted by Gasteiger charge is -2.29. The number of amides is 1. The second-order valence-corrected chi connectivity index (χ2v) is 10.5. The van der Waals surface area contributed by atoms with Crippen molar-refractivity contribution in [3.05, 3.63) is 41.7 Å². The van der Waals surface area contributed by atoms with E-state index in [4.69, 9.17) is 4.98 Å². The standard InChI is InChI=1S/C26H38N4O2/c1-18(2)16-27-25(32)20(26(3,4)5)15-22(31)23-21-17-29(6)13-10-14-30(21)24(28-23)19-11-8-7-9-12-19/h7-9,11-12,18,20H,10,13-17H2,1-6H3,(H,27,32)/t20-/m1/s1. The smallest absolute Gasteiger partial charge is 0.224 e. The Balaban J connectivity index is 1.96. The number of hydrogen-bond acceptors (Lipinski definition) is 4. The zero-order chi connectivity index (χ0) is 23.5. The Labute approximate surface area is 192 Å². The summed E-state index contributed by atoms with van der Waals surface area (Å²) < 4.78 is 2.21. The van der Waals surface area contributed by atoms with Crippen LogP contribution in [0.15, 0.2) is 30.3 Å². The van der Waals surface area contributed by atoms with E-state index in [1.807, 2.05) is 51.1 Å². The summed E-state index contributed by atoms with van der Waals surface area (Å²) in [5.41, 5.74) is 2.17. The van der Waals surface area contributed by atoms with E-state index in [1.165, 1.54) is 0 Å². The molecule has 6 nitrogen and oxygen atoms in total. The Bertz CT molecular complexity index is 941. The van der Waals surface area contributed by atoms with Gasteiger partial charge in [-0.05, 0) is 31.3 Å². The SMILES string of the molecule is CC(C)CNC(=O)[C@@H](CC(=O)c1nc(-c2ccccc2)n2c1CN(C)CCC2)C(C)(C)C. The van der Waals surface area contributed by atoms with Crippen molar-refractivity contribution in [2.45, 2.75) is 60.5 Å². The number of benzene rings is 1. The third-order valence-corrected chi connectivity index (χ3v) is 6.15. The van der Waals surface area contributed by atoms with Crippen LogP contribution in [0.4, 0.5) is 0 Å². The molecule has 1 aromatic carbocycles. The number of nitrogens with one attached hydrogen (secondary N) is 1. The maximum absolute atomic E-state index is 13.6. The van der Waals surface area contributed by atoms with E-state index in [1.54, 1.807) is 0 Å². The van der Waals surface area contributed by atoms with Crippen LogP contribution in [0.3, 0.4) is 0 Å². The van der Waals surface area contributed by atoms with Gasteiger partial charge in [-0.3, -0.25) is 9.59 Å². The number of aromatic nitrogens is 2. The summed E-state index contributed by atoms with van der Waals surface area (Å²) in [6.07, 6.45) is 1.17. The number of ketones is 1. The number of nitrogens with zero attached hydrogens (tertiary/aromatic N) is 3. The van der Waals surface area contributed by atoms with E-state index in [0.717, 1.165) is 36.6 Å². The van der Waals surface area contributed by atoms with Crippen LogP contribution >= 0.6 is 0 Å². The number of Topliss-reactive ketones (excluding diaryl/α,β-unsaturated/α-hetero) is 1. The normalized spacial score (nSPS) is 15.8. The van der Waals surface area contributed by atoms with Crippen LogP contribution in [0, 0.1) is 17.3 Å². The van der Waals surface area contributed by atoms with E-state index in [0.29, 0.717) is 24.7 Å². The Morgan fingerprint density at radius 2 is 1.81 bits per heavy atom. The highest BCUT2D eigenvalue weighted by Gasteiger charge is 2.35. The van der Waals surface area contributed by atoms with Gasteiger partial charge in [-0.1, -0.05) is 65.0 Å². The molecule has 0 saturated carbocycles. The van der Waals surface area contributed by atoms with Gasteiger partial charge in [0.1, 0.15) is 11.5 Å². The highest BCUT2D eigenvalue weighted by Crippen LogP contribution is 2.32. The molecule has 174 valence electrons. The third-order valence-electron chi connectivity index (χ3n) is 6.15. The molecule has 2 aromatic rings. The quantitative estimate of drug-likeness (QED) is 0.651. The fourth-order valence-corrected chi connectivity index (χ4v) is 4.25. The lowest BCUT2D eigenvalue weighted by Crippen LogP contribution is -2.40. The molecule has 2 heterocycles. The monoisotopic (exact) mass is 438 g/mol. The molecule has 0 spiro atoms. The number of fused-ring (bicyclic) bond motifs is 1. The van der Waals surface area contributed by atoms with Crippen molar-refractivity contribution in [3.8, 4) is 11.4 Å². The number of hydrogen-bond donors (Lipinski definition) is 1. The molecule has 1 aliphatic heterocycles. The van der Waals surface area contributed by atoms with Crippen LogP contribution in [0.2, 0.25) is 0 Å². The van der Waals surface area contributed by atoms with Crippen molar-refractivity contribution in [2.24, 2.45) is 17.3 Å². The van der Waals surface area contributed by atoms with E-state index >= 15 is 0 Å². The average Bonchev–Trinajstić information content (AvgIpc) is 2.96. The highest BCUT2D eigenvalue weighted by atomic mass is 16.2. The first-order chi connectivity index (χ1) is 15.1. The number of carbonyl (C=O) groups excluding carboxylic acids is 2. The zero-order valence-electron chi connectivity index (χ0n) is 20.4. The number of rotatable bonds is 7. The van der Waals surface area contributed by atoms with Gasteiger partial charge in [-0.25, -0.2) is 4.98 Å². The first-order valence-electron chi connectivity index (χ1n) is 11.7. The van der Waals surface area contributed by atoms with Crippen molar-refractivity contribution >= 4 is 11.7 Å². The van der Waals surface area contributed by atoms with Gasteiger partial charge in [0.05, 0.1) is 11.6 Å². The molecule has 0 fully saturated rings. The van der Waals surface area contributed by atoms with Crippen molar-refractivity contribution in [2.75, 3.05) is 20.1 Å². The van der Waals surface area contributed by atoms with Crippen molar-refractivity contribution < 1.29 is 9.59 Å². The van der Waals surface area contributed by atoms with Crippen molar-refractivity contribution in [1.29, 1.82) is 0 Å². The molecule has 32 heavy (non-hydrogen) atoms. The molecule has 0 saturated heterocycles. The largest absolute Gasteiger partial charge is 0.356 e. The summed E-state index contributed by atoms with van der Waals surface area (Å²) in [5.74, 6) is 0.699. The van der Waals surface area contributed by atoms with Crippen LogP contribution in [-0.2, 0) is 17.9 Å². The third kappa shape index (κ3) is 5.66. The lowest BCUT2D eigenvalue weighted by atomic mass is 9.76. The van der Waals surface area contributed by atoms with Crippen LogP contribution in [-0.4, -0.2) is 46.3 Å². The van der Waals surface area contributed by atoms with Crippen LogP contribution < -0.4 is 5.32 Å². The minimum absolute atomic E-state index is 0.0501. The zero-order valence-corrected chi connectivity index (χ0v) is 20.4. The summed E-state index contributed by atoms with van der Waals surface area (Å²) in [6.45, 7) is 13.3. The van der Waals surface area contributed by atoms with Gasteiger partial charge in [0, 0.05) is 31.6 Å². The molecule has 1 aliphatic rings. The maximum Gasteiger partial charge on any atom is 0.224 e. The van der Waals surface area contributed by atoms with Gasteiger partial charge >= 0.3 is 0 Å². The number of carbonyl (C=O) groups is 2. The van der Waals surface area contributed by atoms with Gasteiger partial charge in [0.25, 0.3) is 0 Å². The van der Waals surface area contributed by atoms with Gasteiger partial charge in [-0.15, -0.1) is 0 Å². The molecule has 3 rings (SSSR count). The van der Waals surface area contributed by atoms with E-state index in [-0.39, 0.29) is 23.5 Å². The fraction of sp³-hybridized carbons (Fsp3) is 0.577. The summed E-state index contributed by atoms with van der Waals surface area (Å²) in [4.78, 5) is 33.7. The van der Waals surface area contributed by atoms with E-state index < -0.39 is 5.92 Å². The fourth-order valence-electron chi connectivity index (χ4n) is 4.25. The molecule has 0 radical (unpaired) electrons. The predicted octanol–water partition coefficient (Wildman–Crippen LogP) is 4.39. The molecular formula is C26H38N4O2. The van der Waals surface area contributed by atoms with Crippen LogP contribution in [0.5, 0.6) is 0 Å².